The van der Waals surface area contributed by atoms with E-state index >= 15 is 0 Å². The third-order valence-corrected chi connectivity index (χ3v) is 3.61. The molecule has 0 aromatic heterocycles. The van der Waals surface area contributed by atoms with Crippen LogP contribution in [0.5, 0.6) is 0 Å². The standard InChI is InChI=1S/C16H26N4O/c1-19(2)13-14-4-3-5-15(12-14)16(21)18-8-11-20-9-6-17-7-10-20/h3-5,12,17H,6-11,13H2,1-2H3,(H,18,21). The quantitative estimate of drug-likeness (QED) is 0.795. The van der Waals surface area contributed by atoms with Crippen LogP contribution in [0.15, 0.2) is 24.3 Å². The fourth-order valence-corrected chi connectivity index (χ4v) is 2.54. The lowest BCUT2D eigenvalue weighted by Crippen LogP contribution is -2.46. The molecular weight excluding hydrogens is 264 g/mol. The van der Waals surface area contributed by atoms with Gasteiger partial charge in [0.25, 0.3) is 5.91 Å². The summed E-state index contributed by atoms with van der Waals surface area (Å²) in [6.07, 6.45) is 0. The monoisotopic (exact) mass is 290 g/mol. The Bertz CT molecular complexity index is 455. The summed E-state index contributed by atoms with van der Waals surface area (Å²) in [5, 5.41) is 6.34. The van der Waals surface area contributed by atoms with Crippen molar-refractivity contribution >= 4 is 5.91 Å². The Morgan fingerprint density at radius 3 is 2.81 bits per heavy atom. The Morgan fingerprint density at radius 2 is 2.10 bits per heavy atom. The summed E-state index contributed by atoms with van der Waals surface area (Å²) in [4.78, 5) is 16.6. The van der Waals surface area contributed by atoms with Gasteiger partial charge in [0.1, 0.15) is 0 Å². The maximum atomic E-state index is 12.2. The van der Waals surface area contributed by atoms with Gasteiger partial charge in [-0.25, -0.2) is 0 Å². The molecule has 1 aromatic carbocycles. The number of rotatable bonds is 6. The van der Waals surface area contributed by atoms with Gasteiger partial charge in [-0.3, -0.25) is 9.69 Å². The number of hydrogen-bond donors (Lipinski definition) is 2. The van der Waals surface area contributed by atoms with Crippen LogP contribution in [0.4, 0.5) is 0 Å². The van der Waals surface area contributed by atoms with Crippen molar-refractivity contribution < 1.29 is 4.79 Å². The number of carbonyl (C=O) groups excluding carboxylic acids is 1. The molecule has 21 heavy (non-hydrogen) atoms. The molecule has 2 N–H and O–H groups in total. The lowest BCUT2D eigenvalue weighted by Gasteiger charge is -2.27. The summed E-state index contributed by atoms with van der Waals surface area (Å²) >= 11 is 0. The van der Waals surface area contributed by atoms with Crippen LogP contribution >= 0.6 is 0 Å². The minimum Gasteiger partial charge on any atom is -0.351 e. The molecule has 0 unspecified atom stereocenters. The highest BCUT2D eigenvalue weighted by atomic mass is 16.1. The lowest BCUT2D eigenvalue weighted by atomic mass is 10.1. The molecule has 2 rings (SSSR count). The van der Waals surface area contributed by atoms with Gasteiger partial charge in [0.15, 0.2) is 0 Å². The average Bonchev–Trinajstić information content (AvgIpc) is 2.48. The van der Waals surface area contributed by atoms with Crippen molar-refractivity contribution in [3.05, 3.63) is 35.4 Å². The molecule has 1 saturated heterocycles. The predicted octanol–water partition coefficient (Wildman–Crippen LogP) is 0.383. The molecule has 1 aliphatic heterocycles. The lowest BCUT2D eigenvalue weighted by molar-refractivity contribution is 0.0947. The van der Waals surface area contributed by atoms with Crippen LogP contribution in [0.25, 0.3) is 0 Å². The van der Waals surface area contributed by atoms with Crippen molar-refractivity contribution in [3.63, 3.8) is 0 Å². The second-order valence-corrected chi connectivity index (χ2v) is 5.79. The highest BCUT2D eigenvalue weighted by molar-refractivity contribution is 5.94. The Morgan fingerprint density at radius 1 is 1.33 bits per heavy atom. The van der Waals surface area contributed by atoms with Gasteiger partial charge in [-0.15, -0.1) is 0 Å². The molecule has 1 fully saturated rings. The normalized spacial score (nSPS) is 16.1. The van der Waals surface area contributed by atoms with E-state index in [1.54, 1.807) is 0 Å². The van der Waals surface area contributed by atoms with Crippen LogP contribution in [0.3, 0.4) is 0 Å². The summed E-state index contributed by atoms with van der Waals surface area (Å²) in [5.41, 5.74) is 1.91. The molecule has 0 aliphatic carbocycles. The number of carbonyl (C=O) groups is 1. The SMILES string of the molecule is CN(C)Cc1cccc(C(=O)NCCN2CCNCC2)c1. The summed E-state index contributed by atoms with van der Waals surface area (Å²) in [6, 6.07) is 7.85. The van der Waals surface area contributed by atoms with Crippen molar-refractivity contribution in [2.75, 3.05) is 53.4 Å². The van der Waals surface area contributed by atoms with Crippen molar-refractivity contribution in [2.45, 2.75) is 6.54 Å². The van der Waals surface area contributed by atoms with E-state index in [9.17, 15) is 4.79 Å². The van der Waals surface area contributed by atoms with E-state index < -0.39 is 0 Å². The first kappa shape index (κ1) is 15.9. The van der Waals surface area contributed by atoms with Crippen LogP contribution in [-0.2, 0) is 6.54 Å². The maximum absolute atomic E-state index is 12.2. The van der Waals surface area contributed by atoms with Gasteiger partial charge in [0.05, 0.1) is 0 Å². The zero-order valence-electron chi connectivity index (χ0n) is 13.1. The third kappa shape index (κ3) is 5.46. The van der Waals surface area contributed by atoms with Gasteiger partial charge in [0.2, 0.25) is 0 Å². The molecule has 1 aromatic rings. The van der Waals surface area contributed by atoms with Crippen LogP contribution in [0.1, 0.15) is 15.9 Å². The average molecular weight is 290 g/mol. The van der Waals surface area contributed by atoms with E-state index in [2.05, 4.69) is 26.5 Å². The number of amides is 1. The fourth-order valence-electron chi connectivity index (χ4n) is 2.54. The van der Waals surface area contributed by atoms with Crippen molar-refractivity contribution in [1.29, 1.82) is 0 Å². The Hall–Kier alpha value is -1.43. The first-order chi connectivity index (χ1) is 10.1. The van der Waals surface area contributed by atoms with Gasteiger partial charge in [-0.1, -0.05) is 12.1 Å². The number of hydrogen-bond acceptors (Lipinski definition) is 4. The van der Waals surface area contributed by atoms with E-state index in [1.165, 1.54) is 0 Å². The highest BCUT2D eigenvalue weighted by Crippen LogP contribution is 2.07. The first-order valence-corrected chi connectivity index (χ1v) is 7.60. The first-order valence-electron chi connectivity index (χ1n) is 7.60. The minimum atomic E-state index is 0.0192. The molecule has 116 valence electrons. The fraction of sp³-hybridized carbons (Fsp3) is 0.562. The number of nitrogens with zero attached hydrogens (tertiary/aromatic N) is 2. The maximum Gasteiger partial charge on any atom is 0.251 e. The molecule has 0 bridgehead atoms. The molecule has 1 heterocycles. The van der Waals surface area contributed by atoms with Gasteiger partial charge in [0, 0.05) is 51.4 Å². The summed E-state index contributed by atoms with van der Waals surface area (Å²) in [7, 11) is 4.06. The number of nitrogens with one attached hydrogen (secondary N) is 2. The molecule has 1 aliphatic rings. The largest absolute Gasteiger partial charge is 0.351 e. The van der Waals surface area contributed by atoms with E-state index in [0.717, 1.165) is 50.4 Å². The highest BCUT2D eigenvalue weighted by Gasteiger charge is 2.10. The summed E-state index contributed by atoms with van der Waals surface area (Å²) in [6.45, 7) is 6.69. The Labute approximate surface area is 127 Å². The molecule has 0 spiro atoms. The number of benzene rings is 1. The van der Waals surface area contributed by atoms with E-state index in [-0.39, 0.29) is 5.91 Å². The van der Waals surface area contributed by atoms with Crippen molar-refractivity contribution in [2.24, 2.45) is 0 Å². The molecule has 1 amide bonds. The van der Waals surface area contributed by atoms with Gasteiger partial charge < -0.3 is 15.5 Å². The summed E-state index contributed by atoms with van der Waals surface area (Å²) < 4.78 is 0. The predicted molar refractivity (Wildman–Crippen MR) is 85.5 cm³/mol. The van der Waals surface area contributed by atoms with Gasteiger partial charge >= 0.3 is 0 Å². The molecule has 0 saturated carbocycles. The number of piperazine rings is 1. The zero-order chi connectivity index (χ0) is 15.1. The molecular formula is C16H26N4O. The molecule has 0 radical (unpaired) electrons. The van der Waals surface area contributed by atoms with Crippen LogP contribution in [0, 0.1) is 0 Å². The smallest absolute Gasteiger partial charge is 0.251 e. The van der Waals surface area contributed by atoms with Crippen LogP contribution < -0.4 is 10.6 Å². The second-order valence-electron chi connectivity index (χ2n) is 5.79. The van der Waals surface area contributed by atoms with E-state index in [0.29, 0.717) is 6.54 Å². The zero-order valence-corrected chi connectivity index (χ0v) is 13.1. The molecule has 5 heteroatoms. The van der Waals surface area contributed by atoms with E-state index in [1.807, 2.05) is 32.3 Å². The second kappa shape index (κ2) is 8.12. The van der Waals surface area contributed by atoms with Gasteiger partial charge in [-0.2, -0.15) is 0 Å². The molecule has 0 atom stereocenters. The van der Waals surface area contributed by atoms with Crippen molar-refractivity contribution in [3.8, 4) is 0 Å². The van der Waals surface area contributed by atoms with Crippen LogP contribution in [0.2, 0.25) is 0 Å². The molecule has 5 nitrogen and oxygen atoms in total. The topological polar surface area (TPSA) is 47.6 Å². The van der Waals surface area contributed by atoms with Crippen molar-refractivity contribution in [1.82, 2.24) is 20.4 Å². The van der Waals surface area contributed by atoms with Gasteiger partial charge in [-0.05, 0) is 31.8 Å². The third-order valence-electron chi connectivity index (χ3n) is 3.61. The summed E-state index contributed by atoms with van der Waals surface area (Å²) in [5.74, 6) is 0.0192. The van der Waals surface area contributed by atoms with Crippen LogP contribution in [-0.4, -0.2) is 69.1 Å². The van der Waals surface area contributed by atoms with E-state index in [4.69, 9.17) is 0 Å². The Balaban J connectivity index is 1.79. The minimum absolute atomic E-state index is 0.0192. The Kier molecular flexibility index (Phi) is 6.17.